The van der Waals surface area contributed by atoms with Crippen LogP contribution in [0.2, 0.25) is 0 Å². The molecule has 1 heterocycles. The molecule has 0 saturated heterocycles. The average Bonchev–Trinajstić information content (AvgIpc) is 2.78. The number of hydrogen-bond acceptors (Lipinski definition) is 5. The van der Waals surface area contributed by atoms with Crippen LogP contribution in [0.5, 0.6) is 5.75 Å². The summed E-state index contributed by atoms with van der Waals surface area (Å²) < 4.78 is 46.3. The van der Waals surface area contributed by atoms with E-state index >= 15 is 0 Å². The third-order valence-corrected chi connectivity index (χ3v) is 4.94. The van der Waals surface area contributed by atoms with E-state index in [-0.39, 0.29) is 11.8 Å². The van der Waals surface area contributed by atoms with E-state index in [0.29, 0.717) is 18.0 Å². The van der Waals surface area contributed by atoms with E-state index < -0.39 is 11.7 Å². The van der Waals surface area contributed by atoms with Crippen molar-refractivity contribution in [2.24, 2.45) is 0 Å². The summed E-state index contributed by atoms with van der Waals surface area (Å²) in [5.41, 5.74) is 1.34. The summed E-state index contributed by atoms with van der Waals surface area (Å²) in [6.45, 7) is 4.77. The first-order valence-electron chi connectivity index (χ1n) is 11.2. The van der Waals surface area contributed by atoms with Crippen molar-refractivity contribution in [1.29, 1.82) is 0 Å². The third kappa shape index (κ3) is 7.37. The SMILES string of the molecule is CCCCCc1cccc(Nc2nc(Nc3ccc(OCCC)cc3)ncc2C(F)(F)F)c1. The minimum absolute atomic E-state index is 0.0619. The maximum absolute atomic E-state index is 13.6. The van der Waals surface area contributed by atoms with Gasteiger partial charge in [0.25, 0.3) is 0 Å². The first kappa shape index (κ1) is 24.4. The van der Waals surface area contributed by atoms with Crippen molar-refractivity contribution in [1.82, 2.24) is 9.97 Å². The summed E-state index contributed by atoms with van der Waals surface area (Å²) in [4.78, 5) is 7.99. The van der Waals surface area contributed by atoms with Gasteiger partial charge in [-0.3, -0.25) is 0 Å². The standard InChI is InChI=1S/C25H29F3N4O/c1-3-5-6-8-18-9-7-10-20(16-18)30-23-22(25(26,27)28)17-29-24(32-23)31-19-11-13-21(14-12-19)33-15-4-2/h7,9-14,16-17H,3-6,8,15H2,1-2H3,(H2,29,30,31,32). The highest BCUT2D eigenvalue weighted by Crippen LogP contribution is 2.35. The molecule has 33 heavy (non-hydrogen) atoms. The number of halogens is 3. The molecule has 0 spiro atoms. The lowest BCUT2D eigenvalue weighted by Crippen LogP contribution is -2.12. The van der Waals surface area contributed by atoms with Crippen LogP contribution in [-0.4, -0.2) is 16.6 Å². The van der Waals surface area contributed by atoms with Crippen molar-refractivity contribution in [2.75, 3.05) is 17.2 Å². The molecule has 0 fully saturated rings. The molecular formula is C25H29F3N4O. The molecule has 0 radical (unpaired) electrons. The largest absolute Gasteiger partial charge is 0.494 e. The van der Waals surface area contributed by atoms with E-state index in [0.717, 1.165) is 49.6 Å². The van der Waals surface area contributed by atoms with Gasteiger partial charge in [-0.05, 0) is 61.2 Å². The number of nitrogens with zero attached hydrogens (tertiary/aromatic N) is 2. The molecule has 176 valence electrons. The number of unbranched alkanes of at least 4 members (excludes halogenated alkanes) is 2. The number of hydrogen-bond donors (Lipinski definition) is 2. The monoisotopic (exact) mass is 458 g/mol. The van der Waals surface area contributed by atoms with E-state index in [1.165, 1.54) is 0 Å². The van der Waals surface area contributed by atoms with Gasteiger partial charge in [0, 0.05) is 17.6 Å². The lowest BCUT2D eigenvalue weighted by atomic mass is 10.1. The van der Waals surface area contributed by atoms with Gasteiger partial charge in [0.1, 0.15) is 17.1 Å². The van der Waals surface area contributed by atoms with Crippen LogP contribution < -0.4 is 15.4 Å². The summed E-state index contributed by atoms with van der Waals surface area (Å²) in [5.74, 6) is 0.484. The van der Waals surface area contributed by atoms with E-state index in [2.05, 4.69) is 27.5 Å². The van der Waals surface area contributed by atoms with Crippen molar-refractivity contribution < 1.29 is 17.9 Å². The average molecular weight is 459 g/mol. The van der Waals surface area contributed by atoms with Crippen LogP contribution in [0.15, 0.2) is 54.7 Å². The Morgan fingerprint density at radius 2 is 1.70 bits per heavy atom. The van der Waals surface area contributed by atoms with Crippen molar-refractivity contribution in [3.05, 3.63) is 65.9 Å². The number of aryl methyl sites for hydroxylation is 1. The summed E-state index contributed by atoms with van der Waals surface area (Å²) in [7, 11) is 0. The molecule has 0 saturated carbocycles. The Bertz CT molecular complexity index is 1020. The van der Waals surface area contributed by atoms with E-state index in [4.69, 9.17) is 4.74 Å². The van der Waals surface area contributed by atoms with Crippen LogP contribution in [0.1, 0.15) is 50.7 Å². The van der Waals surface area contributed by atoms with Gasteiger partial charge in [0.15, 0.2) is 0 Å². The molecule has 5 nitrogen and oxygen atoms in total. The van der Waals surface area contributed by atoms with Crippen molar-refractivity contribution in [3.63, 3.8) is 0 Å². The molecular weight excluding hydrogens is 429 g/mol. The molecule has 0 amide bonds. The highest BCUT2D eigenvalue weighted by atomic mass is 19.4. The number of alkyl halides is 3. The molecule has 0 atom stereocenters. The quantitative estimate of drug-likeness (QED) is 0.291. The molecule has 3 aromatic rings. The zero-order valence-corrected chi connectivity index (χ0v) is 18.9. The van der Waals surface area contributed by atoms with Gasteiger partial charge < -0.3 is 15.4 Å². The minimum atomic E-state index is -4.59. The normalized spacial score (nSPS) is 11.3. The molecule has 1 aromatic heterocycles. The second kappa shape index (κ2) is 11.5. The molecule has 0 aliphatic rings. The number of benzene rings is 2. The molecule has 0 aliphatic heterocycles. The zero-order chi connectivity index (χ0) is 23.7. The Hall–Kier alpha value is -3.29. The maximum Gasteiger partial charge on any atom is 0.421 e. The first-order valence-corrected chi connectivity index (χ1v) is 11.2. The predicted octanol–water partition coefficient (Wildman–Crippen LogP) is 7.50. The van der Waals surface area contributed by atoms with E-state index in [1.54, 1.807) is 30.3 Å². The van der Waals surface area contributed by atoms with Gasteiger partial charge in [-0.2, -0.15) is 18.2 Å². The van der Waals surface area contributed by atoms with Crippen molar-refractivity contribution in [2.45, 2.75) is 52.1 Å². The highest BCUT2D eigenvalue weighted by Gasteiger charge is 2.35. The minimum Gasteiger partial charge on any atom is -0.494 e. The summed E-state index contributed by atoms with van der Waals surface area (Å²) in [6.07, 6.45) is 1.25. The number of anilines is 4. The van der Waals surface area contributed by atoms with Crippen LogP contribution in [-0.2, 0) is 12.6 Å². The van der Waals surface area contributed by atoms with Gasteiger partial charge >= 0.3 is 6.18 Å². The van der Waals surface area contributed by atoms with Crippen LogP contribution in [0.25, 0.3) is 0 Å². The highest BCUT2D eigenvalue weighted by molar-refractivity contribution is 5.63. The third-order valence-electron chi connectivity index (χ3n) is 4.94. The first-order chi connectivity index (χ1) is 15.9. The topological polar surface area (TPSA) is 59.1 Å². The maximum atomic E-state index is 13.6. The molecule has 0 bridgehead atoms. The van der Waals surface area contributed by atoms with E-state index in [9.17, 15) is 13.2 Å². The fourth-order valence-corrected chi connectivity index (χ4v) is 3.25. The lowest BCUT2D eigenvalue weighted by Gasteiger charge is -2.15. The number of nitrogens with one attached hydrogen (secondary N) is 2. The molecule has 8 heteroatoms. The van der Waals surface area contributed by atoms with Gasteiger partial charge in [0.2, 0.25) is 5.95 Å². The lowest BCUT2D eigenvalue weighted by molar-refractivity contribution is -0.137. The van der Waals surface area contributed by atoms with Gasteiger partial charge in [-0.1, -0.05) is 38.8 Å². The van der Waals surface area contributed by atoms with E-state index in [1.807, 2.05) is 25.1 Å². The Kier molecular flexibility index (Phi) is 8.52. The Balaban J connectivity index is 1.80. The van der Waals surface area contributed by atoms with Gasteiger partial charge in [-0.25, -0.2) is 4.98 Å². The number of rotatable bonds is 11. The van der Waals surface area contributed by atoms with Crippen molar-refractivity contribution in [3.8, 4) is 5.75 Å². The molecule has 2 N–H and O–H groups in total. The smallest absolute Gasteiger partial charge is 0.421 e. The molecule has 0 unspecified atom stereocenters. The van der Waals surface area contributed by atoms with Crippen LogP contribution >= 0.6 is 0 Å². The van der Waals surface area contributed by atoms with Crippen LogP contribution in [0, 0.1) is 0 Å². The van der Waals surface area contributed by atoms with Gasteiger partial charge in [0.05, 0.1) is 6.61 Å². The second-order valence-electron chi connectivity index (χ2n) is 7.73. The Morgan fingerprint density at radius 1 is 0.909 bits per heavy atom. The summed E-state index contributed by atoms with van der Waals surface area (Å²) in [6, 6.07) is 14.5. The summed E-state index contributed by atoms with van der Waals surface area (Å²) in [5, 5.41) is 5.79. The Labute approximate surface area is 192 Å². The molecule has 0 aliphatic carbocycles. The van der Waals surface area contributed by atoms with Crippen LogP contribution in [0.4, 0.5) is 36.3 Å². The van der Waals surface area contributed by atoms with Crippen molar-refractivity contribution >= 4 is 23.1 Å². The molecule has 2 aromatic carbocycles. The zero-order valence-electron chi connectivity index (χ0n) is 18.9. The van der Waals surface area contributed by atoms with Crippen LogP contribution in [0.3, 0.4) is 0 Å². The number of aromatic nitrogens is 2. The predicted molar refractivity (Wildman–Crippen MR) is 125 cm³/mol. The Morgan fingerprint density at radius 3 is 2.39 bits per heavy atom. The second-order valence-corrected chi connectivity index (χ2v) is 7.73. The summed E-state index contributed by atoms with van der Waals surface area (Å²) >= 11 is 0. The fourth-order valence-electron chi connectivity index (χ4n) is 3.25. The van der Waals surface area contributed by atoms with Gasteiger partial charge in [-0.15, -0.1) is 0 Å². The fraction of sp³-hybridized carbons (Fsp3) is 0.360. The molecule has 3 rings (SSSR count). The number of ether oxygens (including phenoxy) is 1.